The van der Waals surface area contributed by atoms with E-state index in [2.05, 4.69) is 6.92 Å². The quantitative estimate of drug-likeness (QED) is 0.137. The van der Waals surface area contributed by atoms with Gasteiger partial charge >= 0.3 is 5.97 Å². The average molecular weight is 415 g/mol. The van der Waals surface area contributed by atoms with E-state index in [1.807, 2.05) is 0 Å². The van der Waals surface area contributed by atoms with Crippen molar-refractivity contribution in [1.29, 1.82) is 0 Å². The van der Waals surface area contributed by atoms with E-state index in [1.165, 1.54) is 96.8 Å². The van der Waals surface area contributed by atoms with Crippen molar-refractivity contribution >= 4 is 5.97 Å². The molecular formula is C24H50N2O3. The normalized spacial score (nSPS) is 15.7. The number of aliphatic hydroxyl groups is 1. The van der Waals surface area contributed by atoms with Crippen LogP contribution in [-0.4, -0.2) is 28.9 Å². The number of hydrogen-bond donors (Lipinski definition) is 3. The van der Waals surface area contributed by atoms with Gasteiger partial charge in [0.1, 0.15) is 5.60 Å². The zero-order valence-corrected chi connectivity index (χ0v) is 19.6. The number of rotatable bonds is 20. The van der Waals surface area contributed by atoms with Gasteiger partial charge in [-0.05, 0) is 13.3 Å². The number of ether oxygens (including phenoxy) is 1. The van der Waals surface area contributed by atoms with Crippen LogP contribution >= 0.6 is 0 Å². The molecule has 2 unspecified atom stereocenters. The van der Waals surface area contributed by atoms with Gasteiger partial charge in [-0.3, -0.25) is 10.5 Å². The molecule has 0 aromatic carbocycles. The Balaban J connectivity index is 3.56. The molecule has 2 atom stereocenters. The third kappa shape index (κ3) is 14.1. The first-order valence-corrected chi connectivity index (χ1v) is 12.2. The van der Waals surface area contributed by atoms with E-state index < -0.39 is 17.3 Å². The Morgan fingerprint density at radius 3 is 1.45 bits per heavy atom. The van der Waals surface area contributed by atoms with E-state index in [0.29, 0.717) is 6.42 Å². The third-order valence-corrected chi connectivity index (χ3v) is 6.06. The van der Waals surface area contributed by atoms with Gasteiger partial charge in [0.2, 0.25) is 5.72 Å². The maximum atomic E-state index is 11.2. The first-order valence-electron chi connectivity index (χ1n) is 12.2. The Kier molecular flexibility index (Phi) is 16.7. The summed E-state index contributed by atoms with van der Waals surface area (Å²) in [6, 6.07) is 0. The predicted molar refractivity (Wildman–Crippen MR) is 123 cm³/mol. The third-order valence-electron chi connectivity index (χ3n) is 6.06. The molecule has 0 spiro atoms. The SMILES string of the molecule is CCCCCCCCCCCCCCCCCCC(C)(O)C(N)(CN)OC(C)=O. The highest BCUT2D eigenvalue weighted by Gasteiger charge is 2.45. The molecule has 0 fully saturated rings. The minimum atomic E-state index is -1.52. The summed E-state index contributed by atoms with van der Waals surface area (Å²) in [6.07, 6.45) is 21.4. The van der Waals surface area contributed by atoms with Crippen LogP contribution in [0, 0.1) is 0 Å². The molecule has 0 amide bonds. The molecule has 29 heavy (non-hydrogen) atoms. The van der Waals surface area contributed by atoms with E-state index >= 15 is 0 Å². The van der Waals surface area contributed by atoms with Gasteiger partial charge in [0.15, 0.2) is 0 Å². The van der Waals surface area contributed by atoms with Crippen molar-refractivity contribution in [3.8, 4) is 0 Å². The maximum absolute atomic E-state index is 11.2. The van der Waals surface area contributed by atoms with Crippen molar-refractivity contribution in [2.24, 2.45) is 11.5 Å². The van der Waals surface area contributed by atoms with Crippen molar-refractivity contribution in [3.63, 3.8) is 0 Å². The standard InChI is InChI=1S/C24H50N2O3/c1-4-5-6-7-8-9-10-11-12-13-14-15-16-17-18-19-20-23(3,28)24(26,21-25)29-22(2)27/h28H,4-21,25-26H2,1-3H3. The summed E-state index contributed by atoms with van der Waals surface area (Å²) < 4.78 is 5.10. The highest BCUT2D eigenvalue weighted by atomic mass is 16.6. The number of carbonyl (C=O) groups is 1. The average Bonchev–Trinajstić information content (AvgIpc) is 2.66. The van der Waals surface area contributed by atoms with Crippen molar-refractivity contribution in [1.82, 2.24) is 0 Å². The Morgan fingerprint density at radius 1 is 0.793 bits per heavy atom. The second kappa shape index (κ2) is 17.1. The van der Waals surface area contributed by atoms with E-state index in [4.69, 9.17) is 16.2 Å². The molecule has 0 aliphatic carbocycles. The number of esters is 1. The highest BCUT2D eigenvalue weighted by Crippen LogP contribution is 2.27. The van der Waals surface area contributed by atoms with Crippen LogP contribution in [0.5, 0.6) is 0 Å². The van der Waals surface area contributed by atoms with Crippen LogP contribution in [0.1, 0.15) is 130 Å². The van der Waals surface area contributed by atoms with Crippen LogP contribution in [0.3, 0.4) is 0 Å². The Hall–Kier alpha value is -0.650. The number of nitrogens with two attached hydrogens (primary N) is 2. The monoisotopic (exact) mass is 414 g/mol. The number of unbranched alkanes of at least 4 members (excludes halogenated alkanes) is 15. The predicted octanol–water partition coefficient (Wildman–Crippen LogP) is 5.57. The Morgan fingerprint density at radius 2 is 1.14 bits per heavy atom. The lowest BCUT2D eigenvalue weighted by molar-refractivity contribution is -0.189. The first kappa shape index (κ1) is 28.4. The molecule has 0 radical (unpaired) electrons. The molecule has 5 nitrogen and oxygen atoms in total. The smallest absolute Gasteiger partial charge is 0.304 e. The lowest BCUT2D eigenvalue weighted by atomic mass is 9.87. The van der Waals surface area contributed by atoms with Crippen LogP contribution in [0.2, 0.25) is 0 Å². The summed E-state index contributed by atoms with van der Waals surface area (Å²) in [5.41, 5.74) is 8.83. The van der Waals surface area contributed by atoms with Crippen molar-refractivity contribution < 1.29 is 14.6 Å². The molecule has 174 valence electrons. The fraction of sp³-hybridized carbons (Fsp3) is 0.958. The van der Waals surface area contributed by atoms with Crippen LogP contribution in [0.25, 0.3) is 0 Å². The summed E-state index contributed by atoms with van der Waals surface area (Å²) >= 11 is 0. The van der Waals surface area contributed by atoms with Crippen LogP contribution in [-0.2, 0) is 9.53 Å². The fourth-order valence-electron chi connectivity index (χ4n) is 3.86. The van der Waals surface area contributed by atoms with E-state index in [9.17, 15) is 9.90 Å². The molecule has 0 bridgehead atoms. The summed E-state index contributed by atoms with van der Waals surface area (Å²) in [5.74, 6) is -0.523. The van der Waals surface area contributed by atoms with Gasteiger partial charge in [-0.15, -0.1) is 0 Å². The van der Waals surface area contributed by atoms with Gasteiger partial charge in [-0.2, -0.15) is 0 Å². The minimum absolute atomic E-state index is 0.0988. The van der Waals surface area contributed by atoms with E-state index in [-0.39, 0.29) is 6.54 Å². The summed E-state index contributed by atoms with van der Waals surface area (Å²) in [4.78, 5) is 11.2. The second-order valence-electron chi connectivity index (χ2n) is 9.01. The first-order chi connectivity index (χ1) is 13.8. The number of hydrogen-bond acceptors (Lipinski definition) is 5. The Bertz CT molecular complexity index is 402. The second-order valence-corrected chi connectivity index (χ2v) is 9.01. The molecule has 0 heterocycles. The fourth-order valence-corrected chi connectivity index (χ4v) is 3.86. The van der Waals surface area contributed by atoms with Crippen LogP contribution in [0.4, 0.5) is 0 Å². The zero-order valence-electron chi connectivity index (χ0n) is 19.6. The molecule has 0 aliphatic heterocycles. The van der Waals surface area contributed by atoms with Gasteiger partial charge in [0.25, 0.3) is 0 Å². The largest absolute Gasteiger partial charge is 0.440 e. The highest BCUT2D eigenvalue weighted by molar-refractivity contribution is 5.66. The molecule has 5 N–H and O–H groups in total. The molecule has 0 rings (SSSR count). The molecular weight excluding hydrogens is 364 g/mol. The Labute approximate surface area is 180 Å². The summed E-state index contributed by atoms with van der Waals surface area (Å²) in [6.45, 7) is 5.06. The van der Waals surface area contributed by atoms with Gasteiger partial charge in [0, 0.05) is 13.5 Å². The molecule has 0 saturated heterocycles. The van der Waals surface area contributed by atoms with Gasteiger partial charge in [-0.25, -0.2) is 0 Å². The lowest BCUT2D eigenvalue weighted by Gasteiger charge is -2.40. The van der Waals surface area contributed by atoms with Gasteiger partial charge in [-0.1, -0.05) is 110 Å². The van der Waals surface area contributed by atoms with E-state index in [1.54, 1.807) is 6.92 Å². The zero-order chi connectivity index (χ0) is 22.0. The molecule has 0 saturated carbocycles. The van der Waals surface area contributed by atoms with Crippen LogP contribution < -0.4 is 11.5 Å². The van der Waals surface area contributed by atoms with E-state index in [0.717, 1.165) is 12.8 Å². The van der Waals surface area contributed by atoms with Gasteiger partial charge < -0.3 is 15.6 Å². The van der Waals surface area contributed by atoms with Crippen molar-refractivity contribution in [2.75, 3.05) is 6.54 Å². The number of carbonyl (C=O) groups excluding carboxylic acids is 1. The molecule has 0 aliphatic rings. The molecule has 0 aromatic rings. The summed E-state index contributed by atoms with van der Waals surface area (Å²) in [7, 11) is 0. The van der Waals surface area contributed by atoms with Crippen molar-refractivity contribution in [2.45, 2.75) is 141 Å². The minimum Gasteiger partial charge on any atom is -0.440 e. The topological polar surface area (TPSA) is 98.6 Å². The van der Waals surface area contributed by atoms with Crippen molar-refractivity contribution in [3.05, 3.63) is 0 Å². The molecule has 0 aromatic heterocycles. The van der Waals surface area contributed by atoms with Gasteiger partial charge in [0.05, 0.1) is 0 Å². The summed E-state index contributed by atoms with van der Waals surface area (Å²) in [5, 5.41) is 10.6. The van der Waals surface area contributed by atoms with Crippen LogP contribution in [0.15, 0.2) is 0 Å². The maximum Gasteiger partial charge on any atom is 0.304 e. The molecule has 5 heteroatoms. The lowest BCUT2D eigenvalue weighted by Crippen LogP contribution is -2.65.